The third kappa shape index (κ3) is 4.36. The molecule has 3 aromatic rings. The monoisotopic (exact) mass is 382 g/mol. The predicted molar refractivity (Wildman–Crippen MR) is 96.5 cm³/mol. The fraction of sp³-hybridized carbons (Fsp3) is 0.118. The summed E-state index contributed by atoms with van der Waals surface area (Å²) in [5, 5.41) is 2.52. The number of nitrogens with two attached hydrogens (primary N) is 1. The fourth-order valence-electron chi connectivity index (χ4n) is 2.37. The van der Waals surface area contributed by atoms with Gasteiger partial charge in [-0.05, 0) is 23.8 Å². The summed E-state index contributed by atoms with van der Waals surface area (Å²) in [7, 11) is 0. The molecule has 0 saturated carbocycles. The zero-order chi connectivity index (χ0) is 19.2. The van der Waals surface area contributed by atoms with Crippen molar-refractivity contribution in [3.8, 4) is 11.4 Å². The predicted octanol–water partition coefficient (Wildman–Crippen LogP) is 0.391. The van der Waals surface area contributed by atoms with Gasteiger partial charge < -0.3 is 11.1 Å². The van der Waals surface area contributed by atoms with Crippen LogP contribution in [0.1, 0.15) is 16.1 Å². The number of amides is 2. The van der Waals surface area contributed by atoms with E-state index in [1.165, 1.54) is 6.20 Å². The van der Waals surface area contributed by atoms with E-state index in [-0.39, 0.29) is 12.1 Å². The summed E-state index contributed by atoms with van der Waals surface area (Å²) < 4.78 is 8.09. The molecule has 9 nitrogen and oxygen atoms in total. The van der Waals surface area contributed by atoms with Crippen molar-refractivity contribution in [1.29, 1.82) is 0 Å². The van der Waals surface area contributed by atoms with Crippen molar-refractivity contribution in [3.05, 3.63) is 60.2 Å². The number of nitrogens with one attached hydrogen (secondary N) is 1. The first-order valence-corrected chi connectivity index (χ1v) is 8.56. The maximum atomic E-state index is 12.7. The molecule has 3 rings (SSSR count). The van der Waals surface area contributed by atoms with E-state index in [4.69, 9.17) is 5.73 Å². The lowest BCUT2D eigenvalue weighted by Crippen LogP contribution is -2.47. The van der Waals surface area contributed by atoms with Crippen molar-refractivity contribution in [1.82, 2.24) is 24.0 Å². The van der Waals surface area contributed by atoms with E-state index in [9.17, 15) is 14.4 Å². The van der Waals surface area contributed by atoms with Gasteiger partial charge in [-0.3, -0.25) is 24.4 Å². The average Bonchev–Trinajstić information content (AvgIpc) is 3.18. The van der Waals surface area contributed by atoms with Crippen molar-refractivity contribution in [2.75, 3.05) is 0 Å². The number of pyridine rings is 2. The molecular weight excluding hydrogens is 368 g/mol. The number of nitrogens with zero attached hydrogens (tertiary/aromatic N) is 4. The Labute approximate surface area is 158 Å². The minimum Gasteiger partial charge on any atom is -0.363 e. The van der Waals surface area contributed by atoms with E-state index >= 15 is 0 Å². The third-order valence-corrected chi connectivity index (χ3v) is 4.17. The van der Waals surface area contributed by atoms with Gasteiger partial charge in [0.05, 0.1) is 17.4 Å². The largest absolute Gasteiger partial charge is 0.363 e. The minimum absolute atomic E-state index is 0.0205. The first kappa shape index (κ1) is 18.3. The van der Waals surface area contributed by atoms with Crippen LogP contribution in [0.4, 0.5) is 0 Å². The molecule has 10 heteroatoms. The van der Waals surface area contributed by atoms with Crippen molar-refractivity contribution >= 4 is 29.3 Å². The summed E-state index contributed by atoms with van der Waals surface area (Å²) in [6.45, 7) is 0. The quantitative estimate of drug-likeness (QED) is 0.563. The van der Waals surface area contributed by atoms with Crippen LogP contribution in [0.15, 0.2) is 48.9 Å². The van der Waals surface area contributed by atoms with Crippen molar-refractivity contribution in [2.45, 2.75) is 12.5 Å². The number of hydrogen-bond acceptors (Lipinski definition) is 8. The summed E-state index contributed by atoms with van der Waals surface area (Å²) in [5.74, 6) is -2.69. The van der Waals surface area contributed by atoms with Gasteiger partial charge in [-0.15, -0.1) is 0 Å². The third-order valence-electron chi connectivity index (χ3n) is 3.64. The number of hydrogen-bond donors (Lipinski definition) is 2. The van der Waals surface area contributed by atoms with Crippen molar-refractivity contribution in [3.63, 3.8) is 0 Å². The fourth-order valence-corrected chi connectivity index (χ4v) is 2.92. The molecule has 0 spiro atoms. The summed E-state index contributed by atoms with van der Waals surface area (Å²) >= 11 is 0.848. The highest BCUT2D eigenvalue weighted by Crippen LogP contribution is 2.19. The molecule has 27 heavy (non-hydrogen) atoms. The molecule has 0 aromatic carbocycles. The summed E-state index contributed by atoms with van der Waals surface area (Å²) in [5.41, 5.74) is 6.57. The number of ketones is 1. The van der Waals surface area contributed by atoms with E-state index in [0.29, 0.717) is 17.0 Å². The maximum Gasteiger partial charge on any atom is 0.287 e. The first-order valence-electron chi connectivity index (χ1n) is 7.83. The van der Waals surface area contributed by atoms with E-state index in [2.05, 4.69) is 24.0 Å². The van der Waals surface area contributed by atoms with Gasteiger partial charge >= 0.3 is 0 Å². The van der Waals surface area contributed by atoms with Crippen LogP contribution < -0.4 is 11.1 Å². The molecule has 0 radical (unpaired) electrons. The van der Waals surface area contributed by atoms with Gasteiger partial charge in [-0.2, -0.15) is 8.75 Å². The molecule has 0 fully saturated rings. The molecular formula is C17H14N6O3S. The van der Waals surface area contributed by atoms with Crippen LogP contribution in [0.2, 0.25) is 0 Å². The number of rotatable bonds is 7. The number of primary amides is 1. The number of Topliss-reactive ketones (excluding diaryl/α,β-unsaturated/α-hetero) is 1. The van der Waals surface area contributed by atoms with Crippen LogP contribution in [-0.4, -0.2) is 42.4 Å². The molecule has 0 aliphatic rings. The maximum absolute atomic E-state index is 12.7. The molecule has 1 atom stereocenters. The lowest BCUT2D eigenvalue weighted by molar-refractivity contribution is -0.137. The molecule has 3 heterocycles. The van der Waals surface area contributed by atoms with Crippen LogP contribution in [0.3, 0.4) is 0 Å². The van der Waals surface area contributed by atoms with Gasteiger partial charge in [0.15, 0.2) is 5.69 Å². The van der Waals surface area contributed by atoms with Gasteiger partial charge in [0.2, 0.25) is 5.78 Å². The van der Waals surface area contributed by atoms with Gasteiger partial charge in [-0.25, -0.2) is 0 Å². The summed E-state index contributed by atoms with van der Waals surface area (Å²) in [4.78, 5) is 44.3. The zero-order valence-electron chi connectivity index (χ0n) is 13.9. The van der Waals surface area contributed by atoms with Crippen LogP contribution in [-0.2, 0) is 16.0 Å². The van der Waals surface area contributed by atoms with E-state index in [1.54, 1.807) is 42.7 Å². The highest BCUT2D eigenvalue weighted by atomic mass is 32.1. The van der Waals surface area contributed by atoms with Gasteiger partial charge in [0, 0.05) is 25.0 Å². The smallest absolute Gasteiger partial charge is 0.287 e. The Bertz CT molecular complexity index is 961. The Morgan fingerprint density at radius 2 is 1.96 bits per heavy atom. The number of carbonyl (C=O) groups excluding carboxylic acids is 3. The first-order chi connectivity index (χ1) is 13.1. The van der Waals surface area contributed by atoms with Crippen molar-refractivity contribution < 1.29 is 14.4 Å². The molecule has 0 aliphatic heterocycles. The number of carbonyl (C=O) groups is 3. The van der Waals surface area contributed by atoms with E-state index in [1.807, 2.05) is 0 Å². The molecule has 3 aromatic heterocycles. The van der Waals surface area contributed by atoms with Crippen LogP contribution in [0.5, 0.6) is 0 Å². The van der Waals surface area contributed by atoms with Crippen LogP contribution >= 0.6 is 11.7 Å². The molecule has 2 amide bonds. The topological polar surface area (TPSA) is 141 Å². The Morgan fingerprint density at radius 1 is 1.11 bits per heavy atom. The van der Waals surface area contributed by atoms with E-state index < -0.39 is 23.6 Å². The normalized spacial score (nSPS) is 11.6. The molecule has 136 valence electrons. The Balaban J connectivity index is 1.84. The highest BCUT2D eigenvalue weighted by molar-refractivity contribution is 6.99. The van der Waals surface area contributed by atoms with Crippen molar-refractivity contribution in [2.24, 2.45) is 5.73 Å². The lowest BCUT2D eigenvalue weighted by Gasteiger charge is -2.15. The second-order valence-electron chi connectivity index (χ2n) is 5.50. The number of aromatic nitrogens is 4. The van der Waals surface area contributed by atoms with Crippen LogP contribution in [0, 0.1) is 0 Å². The van der Waals surface area contributed by atoms with E-state index in [0.717, 1.165) is 11.7 Å². The molecule has 0 bridgehead atoms. The summed E-state index contributed by atoms with van der Waals surface area (Å²) in [6, 6.07) is 7.45. The average molecular weight is 382 g/mol. The Hall–Kier alpha value is -3.53. The summed E-state index contributed by atoms with van der Waals surface area (Å²) in [6.07, 6.45) is 4.75. The second kappa shape index (κ2) is 8.23. The van der Waals surface area contributed by atoms with Gasteiger partial charge in [0.1, 0.15) is 11.7 Å². The molecule has 0 saturated heterocycles. The SMILES string of the molecule is NC(=O)C(=O)C(Cc1cccnc1)NC(=O)c1nsnc1-c1ccccn1. The van der Waals surface area contributed by atoms with Gasteiger partial charge in [-0.1, -0.05) is 12.1 Å². The highest BCUT2D eigenvalue weighted by Gasteiger charge is 2.28. The zero-order valence-corrected chi connectivity index (χ0v) is 14.7. The Kier molecular flexibility index (Phi) is 5.57. The molecule has 1 unspecified atom stereocenters. The standard InChI is InChI=1S/C17H14N6O3S/c18-16(25)15(24)12(8-10-4-3-6-19-9-10)21-17(26)14-13(22-27-23-14)11-5-1-2-7-20-11/h1-7,9,12H,8H2,(H2,18,25)(H,21,26). The second-order valence-corrected chi connectivity index (χ2v) is 6.02. The minimum atomic E-state index is -1.14. The Morgan fingerprint density at radius 3 is 2.63 bits per heavy atom. The van der Waals surface area contributed by atoms with Gasteiger partial charge in [0.25, 0.3) is 11.8 Å². The molecule has 0 aliphatic carbocycles. The van der Waals surface area contributed by atoms with Crippen LogP contribution in [0.25, 0.3) is 11.4 Å². The molecule has 3 N–H and O–H groups in total. The lowest BCUT2D eigenvalue weighted by atomic mass is 10.0.